The molecule has 1 aromatic heterocycles. The molecule has 0 amide bonds. The molecule has 1 saturated heterocycles. The van der Waals surface area contributed by atoms with Gasteiger partial charge in [0.25, 0.3) is 0 Å². The molecule has 0 radical (unpaired) electrons. The molecule has 0 saturated carbocycles. The highest BCUT2D eigenvalue weighted by Gasteiger charge is 2.35. The van der Waals surface area contributed by atoms with E-state index in [1.54, 1.807) is 12.3 Å². The number of nitriles is 1. The summed E-state index contributed by atoms with van der Waals surface area (Å²) in [5.74, 6) is 1.59. The smallest absolute Gasteiger partial charge is 0.126 e. The Bertz CT molecular complexity index is 965. The Labute approximate surface area is 176 Å². The van der Waals surface area contributed by atoms with Crippen molar-refractivity contribution in [2.24, 2.45) is 5.92 Å². The Morgan fingerprint density at radius 2 is 1.86 bits per heavy atom. The molecule has 2 N–H and O–H groups in total. The second kappa shape index (κ2) is 9.09. The highest BCUT2D eigenvalue weighted by molar-refractivity contribution is 6.30. The number of rotatable bonds is 6. The van der Waals surface area contributed by atoms with Crippen LogP contribution in [0, 0.1) is 17.2 Å². The Balaban J connectivity index is 1.61. The molecule has 2 aromatic carbocycles. The summed E-state index contributed by atoms with van der Waals surface area (Å²) in [6, 6.07) is 24.7. The van der Waals surface area contributed by atoms with Crippen molar-refractivity contribution in [1.82, 2.24) is 10.3 Å². The summed E-state index contributed by atoms with van der Waals surface area (Å²) in [5, 5.41) is 17.0. The van der Waals surface area contributed by atoms with Crippen molar-refractivity contribution in [2.45, 2.75) is 18.4 Å². The van der Waals surface area contributed by atoms with E-state index in [9.17, 15) is 0 Å². The monoisotopic (exact) mass is 402 g/mol. The van der Waals surface area contributed by atoms with Crippen molar-refractivity contribution in [3.05, 3.63) is 94.6 Å². The number of halogens is 1. The average Bonchev–Trinajstić information content (AvgIpc) is 3.25. The van der Waals surface area contributed by atoms with Crippen molar-refractivity contribution >= 4 is 17.4 Å². The molecule has 1 aliphatic rings. The summed E-state index contributed by atoms with van der Waals surface area (Å²) in [7, 11) is 0. The molecule has 0 bridgehead atoms. The lowest BCUT2D eigenvalue weighted by Gasteiger charge is -2.30. The van der Waals surface area contributed by atoms with Crippen molar-refractivity contribution in [3.8, 4) is 6.07 Å². The SMILES string of the molecule is N#Cc1ccc(NC(Cc2ccccc2)C2CNCC2c2ccc(Cl)cc2)nc1. The third-order valence-electron chi connectivity index (χ3n) is 5.60. The van der Waals surface area contributed by atoms with E-state index in [1.807, 2.05) is 24.3 Å². The van der Waals surface area contributed by atoms with Gasteiger partial charge in [0.15, 0.2) is 0 Å². The van der Waals surface area contributed by atoms with Crippen LogP contribution in [0.1, 0.15) is 22.6 Å². The Morgan fingerprint density at radius 1 is 1.07 bits per heavy atom. The van der Waals surface area contributed by atoms with E-state index < -0.39 is 0 Å². The summed E-state index contributed by atoms with van der Waals surface area (Å²) < 4.78 is 0. The van der Waals surface area contributed by atoms with Crippen molar-refractivity contribution in [1.29, 1.82) is 5.26 Å². The highest BCUT2D eigenvalue weighted by atomic mass is 35.5. The molecule has 1 fully saturated rings. The largest absolute Gasteiger partial charge is 0.367 e. The molecule has 4 rings (SSSR count). The minimum atomic E-state index is 0.202. The molecule has 3 unspecified atom stereocenters. The third kappa shape index (κ3) is 4.76. The molecule has 1 aliphatic heterocycles. The van der Waals surface area contributed by atoms with Crippen LogP contribution in [0.4, 0.5) is 5.82 Å². The van der Waals surface area contributed by atoms with Crippen LogP contribution in [0.2, 0.25) is 5.02 Å². The maximum atomic E-state index is 9.03. The minimum Gasteiger partial charge on any atom is -0.367 e. The maximum absolute atomic E-state index is 9.03. The van der Waals surface area contributed by atoms with Crippen LogP contribution < -0.4 is 10.6 Å². The molecular weight excluding hydrogens is 380 g/mol. The highest BCUT2D eigenvalue weighted by Crippen LogP contribution is 2.33. The summed E-state index contributed by atoms with van der Waals surface area (Å²) >= 11 is 6.10. The molecule has 29 heavy (non-hydrogen) atoms. The van der Waals surface area contributed by atoms with Gasteiger partial charge < -0.3 is 10.6 Å². The van der Waals surface area contributed by atoms with Gasteiger partial charge in [0, 0.05) is 36.3 Å². The van der Waals surface area contributed by atoms with Gasteiger partial charge in [-0.1, -0.05) is 54.1 Å². The van der Waals surface area contributed by atoms with Crippen molar-refractivity contribution < 1.29 is 0 Å². The van der Waals surface area contributed by atoms with Gasteiger partial charge in [0.1, 0.15) is 11.9 Å². The third-order valence-corrected chi connectivity index (χ3v) is 5.85. The van der Waals surface area contributed by atoms with Gasteiger partial charge in [-0.05, 0) is 47.7 Å². The first-order valence-electron chi connectivity index (χ1n) is 9.86. The molecule has 4 nitrogen and oxygen atoms in total. The lowest BCUT2D eigenvalue weighted by atomic mass is 9.81. The normalized spacial score (nSPS) is 19.4. The average molecular weight is 403 g/mol. The van der Waals surface area contributed by atoms with Gasteiger partial charge >= 0.3 is 0 Å². The zero-order chi connectivity index (χ0) is 20.1. The van der Waals surface area contributed by atoms with E-state index in [0.717, 1.165) is 30.4 Å². The molecule has 3 aromatic rings. The Kier molecular flexibility index (Phi) is 6.09. The summed E-state index contributed by atoms with van der Waals surface area (Å²) in [4.78, 5) is 4.44. The van der Waals surface area contributed by atoms with E-state index in [-0.39, 0.29) is 6.04 Å². The number of hydrogen-bond donors (Lipinski definition) is 2. The number of pyridine rings is 1. The molecule has 0 aliphatic carbocycles. The standard InChI is InChI=1S/C24H23ClN4/c25-20-9-7-19(8-10-20)21-15-27-16-22(21)23(12-17-4-2-1-3-5-17)29-24-11-6-18(13-26)14-28-24/h1-11,14,21-23,27H,12,15-16H2,(H,28,29). The Hall–Kier alpha value is -2.87. The van der Waals surface area contributed by atoms with Gasteiger partial charge in [-0.25, -0.2) is 4.98 Å². The van der Waals surface area contributed by atoms with E-state index in [2.05, 4.69) is 58.1 Å². The van der Waals surface area contributed by atoms with Gasteiger partial charge in [-0.3, -0.25) is 0 Å². The molecular formula is C24H23ClN4. The van der Waals surface area contributed by atoms with Gasteiger partial charge in [-0.2, -0.15) is 5.26 Å². The topological polar surface area (TPSA) is 60.7 Å². The fourth-order valence-electron chi connectivity index (χ4n) is 4.11. The van der Waals surface area contributed by atoms with Crippen LogP contribution in [0.15, 0.2) is 72.9 Å². The summed E-state index contributed by atoms with van der Waals surface area (Å²) in [6.07, 6.45) is 2.52. The molecule has 0 spiro atoms. The molecule has 2 heterocycles. The van der Waals surface area contributed by atoms with Crippen molar-refractivity contribution in [3.63, 3.8) is 0 Å². The van der Waals surface area contributed by atoms with Crippen LogP contribution in [0.5, 0.6) is 0 Å². The van der Waals surface area contributed by atoms with E-state index in [4.69, 9.17) is 16.9 Å². The molecule has 146 valence electrons. The fourth-order valence-corrected chi connectivity index (χ4v) is 4.24. The summed E-state index contributed by atoms with van der Waals surface area (Å²) in [5.41, 5.74) is 3.16. The summed E-state index contributed by atoms with van der Waals surface area (Å²) in [6.45, 7) is 1.88. The quantitative estimate of drug-likeness (QED) is 0.630. The number of anilines is 1. The van der Waals surface area contributed by atoms with Crippen LogP contribution in [0.25, 0.3) is 0 Å². The van der Waals surface area contributed by atoms with Gasteiger partial charge in [-0.15, -0.1) is 0 Å². The van der Waals surface area contributed by atoms with Crippen LogP contribution in [0.3, 0.4) is 0 Å². The van der Waals surface area contributed by atoms with Crippen molar-refractivity contribution in [2.75, 3.05) is 18.4 Å². The van der Waals surface area contributed by atoms with E-state index >= 15 is 0 Å². The van der Waals surface area contributed by atoms with E-state index in [0.29, 0.717) is 17.4 Å². The predicted molar refractivity (Wildman–Crippen MR) is 117 cm³/mol. The number of hydrogen-bond acceptors (Lipinski definition) is 4. The molecule has 5 heteroatoms. The predicted octanol–water partition coefficient (Wildman–Crippen LogP) is 4.63. The first kappa shape index (κ1) is 19.4. The number of nitrogens with zero attached hydrogens (tertiary/aromatic N) is 2. The van der Waals surface area contributed by atoms with Crippen LogP contribution >= 0.6 is 11.6 Å². The lowest BCUT2D eigenvalue weighted by molar-refractivity contribution is 0.434. The molecule has 3 atom stereocenters. The number of benzene rings is 2. The second-order valence-corrected chi connectivity index (χ2v) is 7.90. The fraction of sp³-hybridized carbons (Fsp3) is 0.250. The lowest BCUT2D eigenvalue weighted by Crippen LogP contribution is -2.35. The number of aromatic nitrogens is 1. The van der Waals surface area contributed by atoms with Crippen LogP contribution in [-0.4, -0.2) is 24.1 Å². The van der Waals surface area contributed by atoms with Gasteiger partial charge in [0.05, 0.1) is 5.56 Å². The number of nitrogens with one attached hydrogen (secondary N) is 2. The maximum Gasteiger partial charge on any atom is 0.126 e. The minimum absolute atomic E-state index is 0.202. The first-order valence-corrected chi connectivity index (χ1v) is 10.2. The van der Waals surface area contributed by atoms with E-state index in [1.165, 1.54) is 11.1 Å². The second-order valence-electron chi connectivity index (χ2n) is 7.46. The zero-order valence-electron chi connectivity index (χ0n) is 16.1. The Morgan fingerprint density at radius 3 is 2.55 bits per heavy atom. The van der Waals surface area contributed by atoms with Gasteiger partial charge in [0.2, 0.25) is 0 Å². The van der Waals surface area contributed by atoms with Crippen LogP contribution in [-0.2, 0) is 6.42 Å². The first-order chi connectivity index (χ1) is 14.2. The zero-order valence-corrected chi connectivity index (χ0v) is 16.8.